The average molecular weight is 347 g/mol. The lowest BCUT2D eigenvalue weighted by Gasteiger charge is -2.34. The third-order valence-electron chi connectivity index (χ3n) is 4.68. The van der Waals surface area contributed by atoms with Crippen molar-refractivity contribution in [2.24, 2.45) is 0 Å². The molecular weight excluding hydrogens is 320 g/mol. The first kappa shape index (κ1) is 17.5. The van der Waals surface area contributed by atoms with Crippen LogP contribution in [0.4, 0.5) is 0 Å². The number of piperazine rings is 1. The van der Waals surface area contributed by atoms with Gasteiger partial charge in [-0.15, -0.1) is 0 Å². The van der Waals surface area contributed by atoms with Crippen LogP contribution in [0.3, 0.4) is 0 Å². The van der Waals surface area contributed by atoms with E-state index in [1.165, 1.54) is 11.4 Å². The molecule has 1 aliphatic heterocycles. The predicted molar refractivity (Wildman–Crippen MR) is 99.5 cm³/mol. The van der Waals surface area contributed by atoms with Crippen molar-refractivity contribution in [3.05, 3.63) is 53.1 Å². The summed E-state index contributed by atoms with van der Waals surface area (Å²) in [6.45, 7) is 12.0. The molecule has 1 fully saturated rings. The van der Waals surface area contributed by atoms with Gasteiger partial charge in [-0.3, -0.25) is 9.80 Å². The molecule has 24 heavy (non-hydrogen) atoms. The van der Waals surface area contributed by atoms with Gasteiger partial charge in [0.2, 0.25) is 0 Å². The summed E-state index contributed by atoms with van der Waals surface area (Å²) in [5.41, 5.74) is 1.30. The van der Waals surface area contributed by atoms with E-state index in [4.69, 9.17) is 11.6 Å². The van der Waals surface area contributed by atoms with Gasteiger partial charge >= 0.3 is 0 Å². The van der Waals surface area contributed by atoms with Gasteiger partial charge in [-0.2, -0.15) is 0 Å². The molecule has 130 valence electrons. The number of aromatic nitrogens is 2. The molecule has 0 aliphatic carbocycles. The summed E-state index contributed by atoms with van der Waals surface area (Å²) in [5, 5.41) is 0.826. The normalized spacial score (nSPS) is 16.8. The van der Waals surface area contributed by atoms with E-state index < -0.39 is 0 Å². The second-order valence-electron chi connectivity index (χ2n) is 6.88. The van der Waals surface area contributed by atoms with E-state index in [-0.39, 0.29) is 0 Å². The maximum Gasteiger partial charge on any atom is 0.111 e. The second kappa shape index (κ2) is 8.15. The Morgan fingerprint density at radius 1 is 1.08 bits per heavy atom. The number of hydrogen-bond acceptors (Lipinski definition) is 3. The smallest absolute Gasteiger partial charge is 0.111 e. The van der Waals surface area contributed by atoms with Gasteiger partial charge < -0.3 is 4.57 Å². The van der Waals surface area contributed by atoms with Gasteiger partial charge in [0, 0.05) is 69.1 Å². The molecular formula is C19H27ClN4. The molecule has 0 bridgehead atoms. The first-order valence-electron chi connectivity index (χ1n) is 8.82. The molecule has 1 aromatic heterocycles. The molecule has 0 atom stereocenters. The van der Waals surface area contributed by atoms with E-state index in [1.807, 2.05) is 18.3 Å². The first-order chi connectivity index (χ1) is 11.6. The zero-order chi connectivity index (χ0) is 16.9. The topological polar surface area (TPSA) is 24.3 Å². The Morgan fingerprint density at radius 3 is 2.54 bits per heavy atom. The maximum absolute atomic E-state index is 6.08. The summed E-state index contributed by atoms with van der Waals surface area (Å²) < 4.78 is 2.29. The summed E-state index contributed by atoms with van der Waals surface area (Å²) >= 11 is 6.08. The number of nitrogens with zero attached hydrogens (tertiary/aromatic N) is 4. The molecule has 0 saturated carbocycles. The van der Waals surface area contributed by atoms with E-state index in [9.17, 15) is 0 Å². The molecule has 2 heterocycles. The molecule has 0 spiro atoms. The van der Waals surface area contributed by atoms with Crippen LogP contribution in [0.25, 0.3) is 0 Å². The highest BCUT2D eigenvalue weighted by Gasteiger charge is 2.17. The molecule has 1 aliphatic rings. The Bertz CT molecular complexity index is 644. The highest BCUT2D eigenvalue weighted by atomic mass is 35.5. The number of imidazole rings is 1. The standard InChI is InChI=1S/C19H27ClN4/c1-16(2)19-21-6-7-24(19)13-12-22-8-10-23(11-9-22)15-17-4-3-5-18(20)14-17/h3-7,14,16H,8-13,15H2,1-2H3. The van der Waals surface area contributed by atoms with Gasteiger partial charge in [0.05, 0.1) is 0 Å². The van der Waals surface area contributed by atoms with Gasteiger partial charge in [0.15, 0.2) is 0 Å². The van der Waals surface area contributed by atoms with Gasteiger partial charge in [0.1, 0.15) is 5.82 Å². The summed E-state index contributed by atoms with van der Waals surface area (Å²) in [4.78, 5) is 9.54. The first-order valence-corrected chi connectivity index (χ1v) is 9.20. The zero-order valence-corrected chi connectivity index (χ0v) is 15.4. The number of halogens is 1. The minimum absolute atomic E-state index is 0.481. The summed E-state index contributed by atoms with van der Waals surface area (Å²) in [5.74, 6) is 1.67. The van der Waals surface area contributed by atoms with Crippen LogP contribution < -0.4 is 0 Å². The van der Waals surface area contributed by atoms with Crippen LogP contribution in [0.1, 0.15) is 31.2 Å². The highest BCUT2D eigenvalue weighted by molar-refractivity contribution is 6.30. The molecule has 0 radical (unpaired) electrons. The average Bonchev–Trinajstić information content (AvgIpc) is 3.03. The minimum Gasteiger partial charge on any atom is -0.333 e. The van der Waals surface area contributed by atoms with Crippen molar-refractivity contribution in [1.29, 1.82) is 0 Å². The quantitative estimate of drug-likeness (QED) is 0.800. The second-order valence-corrected chi connectivity index (χ2v) is 7.32. The van der Waals surface area contributed by atoms with E-state index in [0.29, 0.717) is 5.92 Å². The maximum atomic E-state index is 6.08. The number of rotatable bonds is 6. The van der Waals surface area contributed by atoms with Crippen LogP contribution in [0, 0.1) is 0 Å². The molecule has 0 amide bonds. The Balaban J connectivity index is 1.44. The SMILES string of the molecule is CC(C)c1nccn1CCN1CCN(Cc2cccc(Cl)c2)CC1. The van der Waals surface area contributed by atoms with Crippen molar-refractivity contribution in [3.8, 4) is 0 Å². The largest absolute Gasteiger partial charge is 0.333 e. The van der Waals surface area contributed by atoms with Crippen molar-refractivity contribution in [2.75, 3.05) is 32.7 Å². The van der Waals surface area contributed by atoms with E-state index in [2.05, 4.69) is 51.5 Å². The fraction of sp³-hybridized carbons (Fsp3) is 0.526. The van der Waals surface area contributed by atoms with Crippen molar-refractivity contribution in [2.45, 2.75) is 32.9 Å². The summed E-state index contributed by atoms with van der Waals surface area (Å²) in [6.07, 6.45) is 4.02. The molecule has 1 aromatic carbocycles. The predicted octanol–water partition coefficient (Wildman–Crippen LogP) is 3.48. The number of benzene rings is 1. The van der Waals surface area contributed by atoms with Crippen LogP contribution in [-0.2, 0) is 13.1 Å². The fourth-order valence-electron chi connectivity index (χ4n) is 3.32. The molecule has 4 nitrogen and oxygen atoms in total. The molecule has 5 heteroatoms. The van der Waals surface area contributed by atoms with Crippen molar-refractivity contribution in [1.82, 2.24) is 19.4 Å². The van der Waals surface area contributed by atoms with Crippen LogP contribution in [0.15, 0.2) is 36.7 Å². The monoisotopic (exact) mass is 346 g/mol. The van der Waals surface area contributed by atoms with Crippen LogP contribution in [0.5, 0.6) is 0 Å². The molecule has 1 saturated heterocycles. The van der Waals surface area contributed by atoms with Gasteiger partial charge in [-0.05, 0) is 17.7 Å². The van der Waals surface area contributed by atoms with Crippen LogP contribution in [0.2, 0.25) is 5.02 Å². The Morgan fingerprint density at radius 2 is 1.83 bits per heavy atom. The lowest BCUT2D eigenvalue weighted by molar-refractivity contribution is 0.124. The van der Waals surface area contributed by atoms with Crippen molar-refractivity contribution < 1.29 is 0 Å². The Hall–Kier alpha value is -1.36. The molecule has 0 N–H and O–H groups in total. The fourth-order valence-corrected chi connectivity index (χ4v) is 3.54. The summed E-state index contributed by atoms with van der Waals surface area (Å²) in [7, 11) is 0. The lowest BCUT2D eigenvalue weighted by Crippen LogP contribution is -2.46. The highest BCUT2D eigenvalue weighted by Crippen LogP contribution is 2.15. The van der Waals surface area contributed by atoms with E-state index in [0.717, 1.165) is 50.8 Å². The van der Waals surface area contributed by atoms with Gasteiger partial charge in [-0.1, -0.05) is 37.6 Å². The molecule has 3 rings (SSSR count). The Labute approximate surface area is 150 Å². The van der Waals surface area contributed by atoms with Crippen molar-refractivity contribution in [3.63, 3.8) is 0 Å². The Kier molecular flexibility index (Phi) is 5.93. The van der Waals surface area contributed by atoms with Gasteiger partial charge in [-0.25, -0.2) is 4.98 Å². The molecule has 0 unspecified atom stereocenters. The minimum atomic E-state index is 0.481. The van der Waals surface area contributed by atoms with Crippen LogP contribution in [-0.4, -0.2) is 52.1 Å². The molecule has 2 aromatic rings. The zero-order valence-electron chi connectivity index (χ0n) is 14.7. The van der Waals surface area contributed by atoms with Crippen LogP contribution >= 0.6 is 11.6 Å². The third kappa shape index (κ3) is 4.59. The third-order valence-corrected chi connectivity index (χ3v) is 4.92. The van der Waals surface area contributed by atoms with Gasteiger partial charge in [0.25, 0.3) is 0 Å². The van der Waals surface area contributed by atoms with E-state index in [1.54, 1.807) is 0 Å². The lowest BCUT2D eigenvalue weighted by atomic mass is 10.2. The number of hydrogen-bond donors (Lipinski definition) is 0. The van der Waals surface area contributed by atoms with E-state index >= 15 is 0 Å². The summed E-state index contributed by atoms with van der Waals surface area (Å²) in [6, 6.07) is 8.20. The van der Waals surface area contributed by atoms with Crippen molar-refractivity contribution >= 4 is 11.6 Å².